The van der Waals surface area contributed by atoms with Gasteiger partial charge in [-0.05, 0) is 59.3 Å². The van der Waals surface area contributed by atoms with Crippen LogP contribution in [0.4, 0.5) is 0 Å². The number of rotatable bonds is 4. The van der Waals surface area contributed by atoms with Gasteiger partial charge in [0.05, 0.1) is 6.42 Å². The average molecular weight is 264 g/mol. The van der Waals surface area contributed by atoms with Crippen LogP contribution in [-0.4, -0.2) is 18.0 Å². The smallest absolute Gasteiger partial charge is 0.176 e. The molecule has 0 bridgehead atoms. The molecule has 0 atom stereocenters. The maximum absolute atomic E-state index is 12.5. The lowest BCUT2D eigenvalue weighted by Gasteiger charge is -2.37. The quantitative estimate of drug-likeness (QED) is 0.718. The van der Waals surface area contributed by atoms with E-state index in [1.807, 2.05) is 6.92 Å². The van der Waals surface area contributed by atoms with Crippen LogP contribution < -0.4 is 0 Å². The lowest BCUT2D eigenvalue weighted by molar-refractivity contribution is -0.149. The average Bonchev–Trinajstić information content (AvgIpc) is 2.31. The van der Waals surface area contributed by atoms with E-state index in [2.05, 4.69) is 39.5 Å². The molecule has 2 nitrogen and oxygen atoms in total. The molecule has 0 heterocycles. The molecule has 0 saturated heterocycles. The molecule has 19 heavy (non-hydrogen) atoms. The highest BCUT2D eigenvalue weighted by molar-refractivity contribution is 5.89. The van der Waals surface area contributed by atoms with Crippen molar-refractivity contribution in [3.63, 3.8) is 0 Å². The van der Waals surface area contributed by atoms with Crippen LogP contribution in [0.1, 0.15) is 66.7 Å². The van der Waals surface area contributed by atoms with Crippen LogP contribution in [0.25, 0.3) is 0 Å². The fourth-order valence-electron chi connectivity index (χ4n) is 2.56. The Morgan fingerprint density at radius 3 is 2.37 bits per heavy atom. The highest BCUT2D eigenvalue weighted by Crippen LogP contribution is 2.36. The van der Waals surface area contributed by atoms with Crippen molar-refractivity contribution in [2.75, 3.05) is 6.61 Å². The van der Waals surface area contributed by atoms with Gasteiger partial charge in [-0.15, -0.1) is 0 Å². The van der Waals surface area contributed by atoms with E-state index in [0.29, 0.717) is 18.9 Å². The number of carbonyl (C=O) groups is 1. The predicted octanol–water partition coefficient (Wildman–Crippen LogP) is 3.98. The van der Waals surface area contributed by atoms with Crippen molar-refractivity contribution in [3.05, 3.63) is 0 Å². The van der Waals surface area contributed by atoms with Crippen molar-refractivity contribution in [1.29, 1.82) is 0 Å². The number of hydrogen-bond acceptors (Lipinski definition) is 2. The van der Waals surface area contributed by atoms with Crippen LogP contribution in [0.5, 0.6) is 0 Å². The van der Waals surface area contributed by atoms with E-state index in [1.165, 1.54) is 0 Å². The second kappa shape index (κ2) is 6.57. The maximum Gasteiger partial charge on any atom is 0.176 e. The molecule has 0 spiro atoms. The Kier molecular flexibility index (Phi) is 5.62. The maximum atomic E-state index is 12.5. The van der Waals surface area contributed by atoms with Crippen molar-refractivity contribution >= 4 is 5.78 Å². The Morgan fingerprint density at radius 2 is 1.89 bits per heavy atom. The van der Waals surface area contributed by atoms with E-state index < -0.39 is 5.60 Å². The summed E-state index contributed by atoms with van der Waals surface area (Å²) in [7, 11) is 0. The van der Waals surface area contributed by atoms with Gasteiger partial charge >= 0.3 is 0 Å². The third-order valence-electron chi connectivity index (χ3n) is 3.72. The summed E-state index contributed by atoms with van der Waals surface area (Å²) in [5.41, 5.74) is -0.589. The number of hydrogen-bond donors (Lipinski definition) is 0. The van der Waals surface area contributed by atoms with Crippen molar-refractivity contribution in [2.45, 2.75) is 72.3 Å². The van der Waals surface area contributed by atoms with Gasteiger partial charge in [0.15, 0.2) is 5.78 Å². The lowest BCUT2D eigenvalue weighted by Crippen LogP contribution is -2.44. The van der Waals surface area contributed by atoms with Gasteiger partial charge in [0, 0.05) is 12.0 Å². The minimum Gasteiger partial charge on any atom is -0.367 e. The first-order valence-corrected chi connectivity index (χ1v) is 7.46. The molecule has 0 aliphatic heterocycles. The second-order valence-corrected chi connectivity index (χ2v) is 6.76. The number of carbonyl (C=O) groups excluding carboxylic acids is 1. The van der Waals surface area contributed by atoms with Crippen LogP contribution in [-0.2, 0) is 9.53 Å². The molecule has 108 valence electrons. The van der Waals surface area contributed by atoms with Gasteiger partial charge in [-0.3, -0.25) is 4.79 Å². The molecule has 1 aliphatic rings. The van der Waals surface area contributed by atoms with Gasteiger partial charge in [0.25, 0.3) is 0 Å². The summed E-state index contributed by atoms with van der Waals surface area (Å²) in [5.74, 6) is 7.06. The number of ketones is 1. The zero-order chi connectivity index (χ0) is 14.5. The molecule has 1 aliphatic carbocycles. The van der Waals surface area contributed by atoms with E-state index in [4.69, 9.17) is 4.74 Å². The summed E-state index contributed by atoms with van der Waals surface area (Å²) in [6.07, 6.45) is 4.21. The Morgan fingerprint density at radius 1 is 1.32 bits per heavy atom. The lowest BCUT2D eigenvalue weighted by atomic mass is 9.76. The van der Waals surface area contributed by atoms with Gasteiger partial charge in [-0.2, -0.15) is 0 Å². The van der Waals surface area contributed by atoms with Crippen molar-refractivity contribution in [2.24, 2.45) is 11.3 Å². The molecule has 0 aromatic heterocycles. The van der Waals surface area contributed by atoms with E-state index in [0.717, 1.165) is 25.7 Å². The zero-order valence-corrected chi connectivity index (χ0v) is 13.1. The fraction of sp³-hybridized carbons (Fsp3) is 0.824. The molecule has 1 fully saturated rings. The molecule has 0 amide bonds. The van der Waals surface area contributed by atoms with Crippen LogP contribution in [0.2, 0.25) is 0 Å². The van der Waals surface area contributed by atoms with Crippen LogP contribution in [0.3, 0.4) is 0 Å². The second-order valence-electron chi connectivity index (χ2n) is 6.76. The van der Waals surface area contributed by atoms with Crippen molar-refractivity contribution in [3.8, 4) is 11.8 Å². The molecular weight excluding hydrogens is 236 g/mol. The Hall–Kier alpha value is -0.810. The molecule has 1 saturated carbocycles. The first kappa shape index (κ1) is 16.2. The summed E-state index contributed by atoms with van der Waals surface area (Å²) in [6, 6.07) is 0. The summed E-state index contributed by atoms with van der Waals surface area (Å²) in [6.45, 7) is 11.0. The number of Topliss-reactive ketones (excluding diaryl/α,β-unsaturated/α-hetero) is 1. The van der Waals surface area contributed by atoms with Crippen LogP contribution in [0, 0.1) is 23.2 Å². The van der Waals surface area contributed by atoms with Gasteiger partial charge in [0.1, 0.15) is 5.60 Å². The third-order valence-corrected chi connectivity index (χ3v) is 3.72. The Bertz CT molecular complexity index is 357. The first-order valence-electron chi connectivity index (χ1n) is 7.46. The van der Waals surface area contributed by atoms with E-state index >= 15 is 0 Å². The van der Waals surface area contributed by atoms with E-state index in [-0.39, 0.29) is 11.2 Å². The standard InChI is InChI=1S/C17H28O2/c1-6-19-17(12-9-14(2)10-13-17)15(18)8-7-11-16(3,4)5/h14H,6,8-10,12-13H2,1-5H3. The molecular formula is C17H28O2. The molecule has 0 aromatic carbocycles. The molecule has 0 aromatic rings. The van der Waals surface area contributed by atoms with Crippen LogP contribution >= 0.6 is 0 Å². The van der Waals surface area contributed by atoms with Crippen LogP contribution in [0.15, 0.2) is 0 Å². The highest BCUT2D eigenvalue weighted by atomic mass is 16.5. The Balaban J connectivity index is 2.70. The Labute approximate surface area is 118 Å². The monoisotopic (exact) mass is 264 g/mol. The van der Waals surface area contributed by atoms with Crippen molar-refractivity contribution < 1.29 is 9.53 Å². The summed E-state index contributed by atoms with van der Waals surface area (Å²) in [4.78, 5) is 12.5. The predicted molar refractivity (Wildman–Crippen MR) is 78.8 cm³/mol. The van der Waals surface area contributed by atoms with Gasteiger partial charge in [-0.1, -0.05) is 18.8 Å². The molecule has 0 radical (unpaired) electrons. The molecule has 1 rings (SSSR count). The van der Waals surface area contributed by atoms with Gasteiger partial charge in [-0.25, -0.2) is 0 Å². The molecule has 0 N–H and O–H groups in total. The topological polar surface area (TPSA) is 26.3 Å². The van der Waals surface area contributed by atoms with Gasteiger partial charge in [0.2, 0.25) is 0 Å². The third kappa shape index (κ3) is 4.99. The normalized spacial score (nSPS) is 27.5. The van der Waals surface area contributed by atoms with E-state index in [1.54, 1.807) is 0 Å². The van der Waals surface area contributed by atoms with E-state index in [9.17, 15) is 4.79 Å². The zero-order valence-electron chi connectivity index (χ0n) is 13.1. The minimum absolute atomic E-state index is 0.0415. The highest BCUT2D eigenvalue weighted by Gasteiger charge is 2.40. The molecule has 0 unspecified atom stereocenters. The largest absolute Gasteiger partial charge is 0.367 e. The first-order chi connectivity index (χ1) is 8.79. The van der Waals surface area contributed by atoms with Crippen molar-refractivity contribution in [1.82, 2.24) is 0 Å². The SMILES string of the molecule is CCOC1(C(=O)CC#CC(C)(C)C)CCC(C)CC1. The summed E-state index contributed by atoms with van der Waals surface area (Å²) >= 11 is 0. The summed E-state index contributed by atoms with van der Waals surface area (Å²) < 4.78 is 5.85. The fourth-order valence-corrected chi connectivity index (χ4v) is 2.56. The summed E-state index contributed by atoms with van der Waals surface area (Å²) in [5, 5.41) is 0. The number of ether oxygens (including phenoxy) is 1. The molecule has 2 heteroatoms. The minimum atomic E-state index is -0.548. The van der Waals surface area contributed by atoms with Gasteiger partial charge < -0.3 is 4.74 Å².